The molecule has 0 radical (unpaired) electrons. The van der Waals surface area contributed by atoms with Gasteiger partial charge in [0.1, 0.15) is 0 Å². The van der Waals surface area contributed by atoms with E-state index >= 15 is 0 Å². The Morgan fingerprint density at radius 2 is 1.65 bits per heavy atom. The zero-order valence-corrected chi connectivity index (χ0v) is 15.5. The number of hydrogen-bond donors (Lipinski definition) is 0. The van der Waals surface area contributed by atoms with E-state index in [-0.39, 0.29) is 0 Å². The topological polar surface area (TPSA) is 38.7 Å². The van der Waals surface area contributed by atoms with E-state index in [1.807, 2.05) is 18.5 Å². The minimum Gasteiger partial charge on any atom is -0.264 e. The van der Waals surface area contributed by atoms with Crippen LogP contribution in [-0.2, 0) is 6.42 Å². The van der Waals surface area contributed by atoms with Crippen molar-refractivity contribution < 1.29 is 0 Å². The molecule has 3 aromatic heterocycles. The lowest BCUT2D eigenvalue weighted by molar-refractivity contribution is 0.732. The number of hydrogen-bond acceptors (Lipinski definition) is 3. The molecule has 1 aromatic carbocycles. The second-order valence-corrected chi connectivity index (χ2v) is 7.31. The highest BCUT2D eigenvalue weighted by molar-refractivity contribution is 5.88. The van der Waals surface area contributed by atoms with Crippen LogP contribution in [0.5, 0.6) is 0 Å². The van der Waals surface area contributed by atoms with E-state index in [1.54, 1.807) is 6.20 Å². The predicted molar refractivity (Wildman–Crippen MR) is 107 cm³/mol. The van der Waals surface area contributed by atoms with Gasteiger partial charge < -0.3 is 0 Å². The third-order valence-electron chi connectivity index (χ3n) is 5.03. The van der Waals surface area contributed by atoms with E-state index in [4.69, 9.17) is 4.98 Å². The summed E-state index contributed by atoms with van der Waals surface area (Å²) in [5, 5.41) is 4.84. The molecule has 0 aliphatic heterocycles. The van der Waals surface area contributed by atoms with Gasteiger partial charge in [-0.05, 0) is 35.4 Å². The highest BCUT2D eigenvalue weighted by Gasteiger charge is 2.14. The summed E-state index contributed by atoms with van der Waals surface area (Å²) in [6, 6.07) is 12.8. The van der Waals surface area contributed by atoms with E-state index in [2.05, 4.69) is 67.3 Å². The Hall–Kier alpha value is -2.81. The van der Waals surface area contributed by atoms with Gasteiger partial charge >= 0.3 is 0 Å². The van der Waals surface area contributed by atoms with Gasteiger partial charge in [-0.2, -0.15) is 0 Å². The molecule has 0 amide bonds. The van der Waals surface area contributed by atoms with Gasteiger partial charge in [-0.15, -0.1) is 0 Å². The van der Waals surface area contributed by atoms with Crippen LogP contribution in [0.25, 0.3) is 21.5 Å². The van der Waals surface area contributed by atoms with Crippen LogP contribution in [0.4, 0.5) is 0 Å². The normalized spacial score (nSPS) is 12.8. The Bertz CT molecular complexity index is 1070. The molecular weight excluding hydrogens is 318 g/mol. The molecule has 26 heavy (non-hydrogen) atoms. The first-order chi connectivity index (χ1) is 12.6. The molecular formula is C23H23N3. The summed E-state index contributed by atoms with van der Waals surface area (Å²) in [5.74, 6) is 0.732. The molecule has 0 fully saturated rings. The smallest absolute Gasteiger partial charge is 0.0507 e. The van der Waals surface area contributed by atoms with E-state index in [0.29, 0.717) is 11.8 Å². The number of benzene rings is 1. The summed E-state index contributed by atoms with van der Waals surface area (Å²) in [6.07, 6.45) is 8.63. The monoisotopic (exact) mass is 341 g/mol. The van der Waals surface area contributed by atoms with Crippen LogP contribution in [0.1, 0.15) is 49.6 Å². The molecule has 0 saturated heterocycles. The van der Waals surface area contributed by atoms with Crippen LogP contribution in [0, 0.1) is 0 Å². The van der Waals surface area contributed by atoms with Crippen molar-refractivity contribution in [2.24, 2.45) is 0 Å². The second-order valence-electron chi connectivity index (χ2n) is 7.31. The molecule has 130 valence electrons. The molecule has 1 unspecified atom stereocenters. The average molecular weight is 341 g/mol. The van der Waals surface area contributed by atoms with Crippen LogP contribution < -0.4 is 0 Å². The van der Waals surface area contributed by atoms with E-state index in [1.165, 1.54) is 22.0 Å². The molecule has 0 N–H and O–H groups in total. The quantitative estimate of drug-likeness (QED) is 0.481. The molecule has 0 aliphatic rings. The van der Waals surface area contributed by atoms with Gasteiger partial charge in [0.25, 0.3) is 0 Å². The van der Waals surface area contributed by atoms with E-state index in [9.17, 15) is 0 Å². The summed E-state index contributed by atoms with van der Waals surface area (Å²) in [4.78, 5) is 13.7. The molecule has 4 rings (SSSR count). The Morgan fingerprint density at radius 3 is 2.46 bits per heavy atom. The van der Waals surface area contributed by atoms with Crippen molar-refractivity contribution in [1.82, 2.24) is 15.0 Å². The maximum atomic E-state index is 4.77. The lowest BCUT2D eigenvalue weighted by atomic mass is 9.92. The third-order valence-corrected chi connectivity index (χ3v) is 5.03. The first-order valence-corrected chi connectivity index (χ1v) is 9.19. The number of rotatable bonds is 4. The van der Waals surface area contributed by atoms with Gasteiger partial charge in [-0.3, -0.25) is 15.0 Å². The third kappa shape index (κ3) is 3.05. The maximum absolute atomic E-state index is 4.77. The Balaban J connectivity index is 1.71. The standard InChI is InChI=1S/C23H23N3/c1-15(2)23-21-7-5-4-6-20(21)19(14-26-23)10-16(3)22-11-18-12-24-9-8-17(18)13-25-22/h4-9,11-16H,10H2,1-3H3. The number of pyridine rings is 3. The molecule has 0 aliphatic carbocycles. The van der Waals surface area contributed by atoms with Crippen molar-refractivity contribution in [2.45, 2.75) is 39.0 Å². The minimum absolute atomic E-state index is 0.315. The summed E-state index contributed by atoms with van der Waals surface area (Å²) >= 11 is 0. The number of aromatic nitrogens is 3. The van der Waals surface area contributed by atoms with Crippen LogP contribution in [-0.4, -0.2) is 15.0 Å². The molecule has 4 aromatic rings. The molecule has 3 heterocycles. The van der Waals surface area contributed by atoms with Crippen LogP contribution in [0.2, 0.25) is 0 Å². The van der Waals surface area contributed by atoms with Crippen molar-refractivity contribution in [2.75, 3.05) is 0 Å². The van der Waals surface area contributed by atoms with Crippen molar-refractivity contribution in [3.05, 3.63) is 78.1 Å². The fourth-order valence-corrected chi connectivity index (χ4v) is 3.60. The molecule has 1 atom stereocenters. The molecule has 0 bridgehead atoms. The minimum atomic E-state index is 0.315. The maximum Gasteiger partial charge on any atom is 0.0507 e. The Morgan fingerprint density at radius 1 is 0.846 bits per heavy atom. The van der Waals surface area contributed by atoms with Crippen LogP contribution in [0.3, 0.4) is 0 Å². The highest BCUT2D eigenvalue weighted by Crippen LogP contribution is 2.29. The average Bonchev–Trinajstić information content (AvgIpc) is 2.67. The second kappa shape index (κ2) is 6.83. The lowest BCUT2D eigenvalue weighted by Crippen LogP contribution is -2.04. The van der Waals surface area contributed by atoms with Crippen molar-refractivity contribution in [3.8, 4) is 0 Å². The van der Waals surface area contributed by atoms with Crippen molar-refractivity contribution in [3.63, 3.8) is 0 Å². The van der Waals surface area contributed by atoms with Gasteiger partial charge in [0.2, 0.25) is 0 Å². The Kier molecular flexibility index (Phi) is 4.37. The zero-order valence-electron chi connectivity index (χ0n) is 15.5. The SMILES string of the molecule is CC(C)c1ncc(CC(C)c2cc3cnccc3cn2)c2ccccc12. The van der Waals surface area contributed by atoms with Crippen LogP contribution in [0.15, 0.2) is 61.2 Å². The first kappa shape index (κ1) is 16.6. The molecule has 3 heteroatoms. The highest BCUT2D eigenvalue weighted by atomic mass is 14.7. The first-order valence-electron chi connectivity index (χ1n) is 9.19. The van der Waals surface area contributed by atoms with Gasteiger partial charge in [0.05, 0.1) is 5.69 Å². The fraction of sp³-hybridized carbons (Fsp3) is 0.261. The fourth-order valence-electron chi connectivity index (χ4n) is 3.60. The van der Waals surface area contributed by atoms with Gasteiger partial charge in [0.15, 0.2) is 0 Å². The largest absolute Gasteiger partial charge is 0.264 e. The number of nitrogens with zero attached hydrogens (tertiary/aromatic N) is 3. The molecule has 0 saturated carbocycles. The van der Waals surface area contributed by atoms with E-state index < -0.39 is 0 Å². The van der Waals surface area contributed by atoms with E-state index in [0.717, 1.165) is 22.9 Å². The predicted octanol–water partition coefficient (Wildman–Crippen LogP) is 5.65. The molecule has 0 spiro atoms. The van der Waals surface area contributed by atoms with Crippen molar-refractivity contribution >= 4 is 21.5 Å². The summed E-state index contributed by atoms with van der Waals surface area (Å²) < 4.78 is 0. The summed E-state index contributed by atoms with van der Waals surface area (Å²) in [7, 11) is 0. The van der Waals surface area contributed by atoms with Gasteiger partial charge in [-0.25, -0.2) is 0 Å². The molecule has 3 nitrogen and oxygen atoms in total. The Labute approximate surface area is 154 Å². The zero-order chi connectivity index (χ0) is 18.1. The summed E-state index contributed by atoms with van der Waals surface area (Å²) in [6.45, 7) is 6.63. The van der Waals surface area contributed by atoms with Crippen LogP contribution >= 0.6 is 0 Å². The lowest BCUT2D eigenvalue weighted by Gasteiger charge is -2.16. The van der Waals surface area contributed by atoms with Gasteiger partial charge in [0, 0.05) is 52.6 Å². The summed E-state index contributed by atoms with van der Waals surface area (Å²) in [5.41, 5.74) is 3.56. The van der Waals surface area contributed by atoms with Gasteiger partial charge in [-0.1, -0.05) is 45.0 Å². The van der Waals surface area contributed by atoms with Crippen molar-refractivity contribution in [1.29, 1.82) is 0 Å². The number of fused-ring (bicyclic) bond motifs is 2.